The Morgan fingerprint density at radius 2 is 1.36 bits per heavy atom. The van der Waals surface area contributed by atoms with Crippen molar-refractivity contribution in [3.63, 3.8) is 0 Å². The summed E-state index contributed by atoms with van der Waals surface area (Å²) in [5.41, 5.74) is 5.85. The van der Waals surface area contributed by atoms with Crippen LogP contribution in [0.5, 0.6) is 0 Å². The summed E-state index contributed by atoms with van der Waals surface area (Å²) in [7, 11) is -0.336. The number of benzene rings is 3. The van der Waals surface area contributed by atoms with Gasteiger partial charge in [0.15, 0.2) is 0 Å². The van der Waals surface area contributed by atoms with E-state index in [1.54, 1.807) is 0 Å². The number of fused-ring (bicyclic) bond motifs is 5. The molecule has 3 aromatic rings. The van der Waals surface area contributed by atoms with Crippen LogP contribution >= 0.6 is 0 Å². The molecule has 1 saturated heterocycles. The molecule has 0 amide bonds. The number of hydrogen-bond donors (Lipinski definition) is 0. The van der Waals surface area contributed by atoms with Crippen molar-refractivity contribution in [2.24, 2.45) is 0 Å². The van der Waals surface area contributed by atoms with Crippen molar-refractivity contribution in [2.45, 2.75) is 58.2 Å². The van der Waals surface area contributed by atoms with E-state index in [1.165, 1.54) is 33.0 Å². The molecular formula is C25H27BO2. The lowest BCUT2D eigenvalue weighted by molar-refractivity contribution is 0.00578. The van der Waals surface area contributed by atoms with Gasteiger partial charge in [-0.1, -0.05) is 68.4 Å². The van der Waals surface area contributed by atoms with Gasteiger partial charge in [0.25, 0.3) is 0 Å². The molecule has 0 saturated carbocycles. The van der Waals surface area contributed by atoms with E-state index < -0.39 is 0 Å². The Balaban J connectivity index is 1.70. The van der Waals surface area contributed by atoms with Crippen molar-refractivity contribution in [3.8, 4) is 11.1 Å². The Morgan fingerprint density at radius 3 is 2.07 bits per heavy atom. The van der Waals surface area contributed by atoms with E-state index in [0.717, 1.165) is 5.46 Å². The van der Waals surface area contributed by atoms with Crippen molar-refractivity contribution in [3.05, 3.63) is 65.7 Å². The normalized spacial score (nSPS) is 21.0. The Morgan fingerprint density at radius 1 is 0.714 bits per heavy atom. The molecule has 2 nitrogen and oxygen atoms in total. The fourth-order valence-corrected chi connectivity index (χ4v) is 4.67. The molecule has 1 aliphatic carbocycles. The SMILES string of the molecule is CC1(C)c2ccc(B3OC(C)(C)C(C)(C)O3)cc2-c2c1ccc1ccccc21. The first kappa shape index (κ1) is 18.0. The minimum Gasteiger partial charge on any atom is -0.399 e. The largest absolute Gasteiger partial charge is 0.494 e. The van der Waals surface area contributed by atoms with Crippen molar-refractivity contribution < 1.29 is 9.31 Å². The summed E-state index contributed by atoms with van der Waals surface area (Å²) < 4.78 is 12.6. The van der Waals surface area contributed by atoms with Crippen LogP contribution in [-0.4, -0.2) is 18.3 Å². The zero-order valence-corrected chi connectivity index (χ0v) is 17.6. The average Bonchev–Trinajstić information content (AvgIpc) is 3.01. The third-order valence-corrected chi connectivity index (χ3v) is 7.11. The summed E-state index contributed by atoms with van der Waals surface area (Å²) in [5.74, 6) is 0. The Bertz CT molecular complexity index is 1090. The van der Waals surface area contributed by atoms with Gasteiger partial charge in [-0.15, -0.1) is 0 Å². The third kappa shape index (κ3) is 2.30. The third-order valence-electron chi connectivity index (χ3n) is 7.11. The molecule has 0 radical (unpaired) electrons. The van der Waals surface area contributed by atoms with E-state index in [4.69, 9.17) is 9.31 Å². The first-order chi connectivity index (χ1) is 13.1. The molecule has 1 aliphatic heterocycles. The van der Waals surface area contributed by atoms with Crippen molar-refractivity contribution >= 4 is 23.4 Å². The van der Waals surface area contributed by atoms with Gasteiger partial charge in [0.05, 0.1) is 11.2 Å². The van der Waals surface area contributed by atoms with Gasteiger partial charge in [0, 0.05) is 5.41 Å². The fourth-order valence-electron chi connectivity index (χ4n) is 4.67. The maximum absolute atomic E-state index is 6.32. The van der Waals surface area contributed by atoms with Gasteiger partial charge in [-0.3, -0.25) is 0 Å². The molecule has 142 valence electrons. The topological polar surface area (TPSA) is 18.5 Å². The Labute approximate surface area is 168 Å². The summed E-state index contributed by atoms with van der Waals surface area (Å²) in [6, 6.07) is 19.9. The first-order valence-electron chi connectivity index (χ1n) is 10.1. The van der Waals surface area contributed by atoms with Crippen molar-refractivity contribution in [2.75, 3.05) is 0 Å². The van der Waals surface area contributed by atoms with Crippen LogP contribution in [0, 0.1) is 0 Å². The average molecular weight is 370 g/mol. The quantitative estimate of drug-likeness (QED) is 0.531. The predicted molar refractivity (Wildman–Crippen MR) is 117 cm³/mol. The van der Waals surface area contributed by atoms with Gasteiger partial charge >= 0.3 is 7.12 Å². The Kier molecular flexibility index (Phi) is 3.52. The van der Waals surface area contributed by atoms with Crippen LogP contribution in [0.1, 0.15) is 52.7 Å². The molecular weight excluding hydrogens is 343 g/mol. The second kappa shape index (κ2) is 5.49. The maximum atomic E-state index is 6.32. The molecule has 3 aromatic carbocycles. The van der Waals surface area contributed by atoms with E-state index in [0.29, 0.717) is 0 Å². The fraction of sp³-hybridized carbons (Fsp3) is 0.360. The molecule has 0 spiro atoms. The molecule has 5 rings (SSSR count). The minimum absolute atomic E-state index is 0.0108. The van der Waals surface area contributed by atoms with E-state index >= 15 is 0 Å². The first-order valence-corrected chi connectivity index (χ1v) is 10.1. The standard InChI is InChI=1S/C25H27BO2/c1-23(2)20-14-12-17(26-27-24(3,4)25(5,6)28-26)15-19(20)22-18-10-8-7-9-16(18)11-13-21(22)23/h7-15H,1-6H3. The second-order valence-electron chi connectivity index (χ2n) is 9.73. The van der Waals surface area contributed by atoms with Crippen LogP contribution in [0.3, 0.4) is 0 Å². The number of hydrogen-bond acceptors (Lipinski definition) is 2. The minimum atomic E-state index is -0.336. The van der Waals surface area contributed by atoms with E-state index in [2.05, 4.69) is 96.1 Å². The van der Waals surface area contributed by atoms with Crippen LogP contribution in [0.4, 0.5) is 0 Å². The second-order valence-corrected chi connectivity index (χ2v) is 9.73. The van der Waals surface area contributed by atoms with Gasteiger partial charge in [-0.2, -0.15) is 0 Å². The molecule has 0 unspecified atom stereocenters. The molecule has 1 heterocycles. The predicted octanol–water partition coefficient (Wildman–Crippen LogP) is 5.45. The molecule has 3 heteroatoms. The summed E-state index contributed by atoms with van der Waals surface area (Å²) in [6.45, 7) is 13.1. The zero-order valence-electron chi connectivity index (χ0n) is 17.6. The lowest BCUT2D eigenvalue weighted by Crippen LogP contribution is -2.41. The Hall–Kier alpha value is -2.10. The van der Waals surface area contributed by atoms with Crippen LogP contribution in [0.25, 0.3) is 21.9 Å². The highest BCUT2D eigenvalue weighted by molar-refractivity contribution is 6.62. The molecule has 1 fully saturated rings. The summed E-state index contributed by atoms with van der Waals surface area (Å²) in [4.78, 5) is 0. The molecule has 0 bridgehead atoms. The van der Waals surface area contributed by atoms with Crippen LogP contribution in [0.2, 0.25) is 0 Å². The van der Waals surface area contributed by atoms with Gasteiger partial charge < -0.3 is 9.31 Å². The summed E-state index contributed by atoms with van der Waals surface area (Å²) >= 11 is 0. The van der Waals surface area contributed by atoms with Crippen LogP contribution < -0.4 is 5.46 Å². The van der Waals surface area contributed by atoms with E-state index in [-0.39, 0.29) is 23.7 Å². The van der Waals surface area contributed by atoms with E-state index in [1.807, 2.05) is 0 Å². The van der Waals surface area contributed by atoms with Crippen LogP contribution in [0.15, 0.2) is 54.6 Å². The smallest absolute Gasteiger partial charge is 0.399 e. The zero-order chi connectivity index (χ0) is 19.9. The summed E-state index contributed by atoms with van der Waals surface area (Å²) in [6.07, 6.45) is 0. The van der Waals surface area contributed by atoms with Gasteiger partial charge in [-0.05, 0) is 66.2 Å². The summed E-state index contributed by atoms with van der Waals surface area (Å²) in [5, 5.41) is 2.60. The lowest BCUT2D eigenvalue weighted by atomic mass is 9.76. The number of rotatable bonds is 1. The van der Waals surface area contributed by atoms with Crippen molar-refractivity contribution in [1.82, 2.24) is 0 Å². The maximum Gasteiger partial charge on any atom is 0.494 e. The van der Waals surface area contributed by atoms with Crippen LogP contribution in [-0.2, 0) is 14.7 Å². The molecule has 0 N–H and O–H groups in total. The monoisotopic (exact) mass is 370 g/mol. The molecule has 0 aromatic heterocycles. The van der Waals surface area contributed by atoms with Gasteiger partial charge in [0.2, 0.25) is 0 Å². The lowest BCUT2D eigenvalue weighted by Gasteiger charge is -2.32. The highest BCUT2D eigenvalue weighted by Crippen LogP contribution is 2.51. The van der Waals surface area contributed by atoms with E-state index in [9.17, 15) is 0 Å². The molecule has 2 aliphatic rings. The highest BCUT2D eigenvalue weighted by atomic mass is 16.7. The highest BCUT2D eigenvalue weighted by Gasteiger charge is 2.52. The molecule has 28 heavy (non-hydrogen) atoms. The van der Waals surface area contributed by atoms with Gasteiger partial charge in [0.1, 0.15) is 0 Å². The van der Waals surface area contributed by atoms with Gasteiger partial charge in [-0.25, -0.2) is 0 Å². The molecule has 0 atom stereocenters. The van der Waals surface area contributed by atoms with Crippen molar-refractivity contribution in [1.29, 1.82) is 0 Å².